The Morgan fingerprint density at radius 2 is 1.90 bits per heavy atom. The van der Waals surface area contributed by atoms with Crippen molar-refractivity contribution in [2.75, 3.05) is 4.90 Å². The molecule has 0 atom stereocenters. The lowest BCUT2D eigenvalue weighted by atomic mass is 10.1. The Balaban J connectivity index is 1.75. The zero-order valence-electron chi connectivity index (χ0n) is 12.0. The van der Waals surface area contributed by atoms with Gasteiger partial charge in [0.15, 0.2) is 11.5 Å². The molecule has 21 heavy (non-hydrogen) atoms. The van der Waals surface area contributed by atoms with Crippen molar-refractivity contribution in [2.24, 2.45) is 0 Å². The van der Waals surface area contributed by atoms with Crippen LogP contribution < -0.4 is 4.90 Å². The number of imidazole rings is 1. The predicted octanol–water partition coefficient (Wildman–Crippen LogP) is 3.01. The van der Waals surface area contributed by atoms with Crippen molar-refractivity contribution in [2.45, 2.75) is 26.9 Å². The summed E-state index contributed by atoms with van der Waals surface area (Å²) in [7, 11) is 0. The van der Waals surface area contributed by atoms with Gasteiger partial charge in [-0.2, -0.15) is 0 Å². The van der Waals surface area contributed by atoms with E-state index in [0.29, 0.717) is 6.54 Å². The van der Waals surface area contributed by atoms with Gasteiger partial charge >= 0.3 is 0 Å². The van der Waals surface area contributed by atoms with E-state index in [2.05, 4.69) is 15.0 Å². The molecule has 0 N–H and O–H groups in total. The minimum atomic E-state index is -0.180. The van der Waals surface area contributed by atoms with E-state index in [4.69, 9.17) is 0 Å². The van der Waals surface area contributed by atoms with Crippen LogP contribution in [0.2, 0.25) is 0 Å². The molecule has 1 aromatic carbocycles. The molecular formula is C16H15FN4. The highest BCUT2D eigenvalue weighted by molar-refractivity contribution is 5.55. The number of benzene rings is 1. The molecule has 0 amide bonds. The Morgan fingerprint density at radius 3 is 2.76 bits per heavy atom. The molecule has 3 heterocycles. The van der Waals surface area contributed by atoms with Gasteiger partial charge in [0.05, 0.1) is 11.9 Å². The van der Waals surface area contributed by atoms with Gasteiger partial charge in [0.2, 0.25) is 0 Å². The molecule has 0 saturated heterocycles. The van der Waals surface area contributed by atoms with Gasteiger partial charge in [0.25, 0.3) is 0 Å². The molecule has 0 fully saturated rings. The van der Waals surface area contributed by atoms with Crippen LogP contribution in [0.1, 0.15) is 22.4 Å². The number of halogens is 1. The summed E-state index contributed by atoms with van der Waals surface area (Å²) in [6, 6.07) is 7.03. The van der Waals surface area contributed by atoms with Crippen molar-refractivity contribution in [3.8, 4) is 0 Å². The highest BCUT2D eigenvalue weighted by atomic mass is 19.1. The zero-order chi connectivity index (χ0) is 14.6. The molecule has 5 heteroatoms. The quantitative estimate of drug-likeness (QED) is 0.688. The molecular weight excluding hydrogens is 267 g/mol. The van der Waals surface area contributed by atoms with E-state index in [-0.39, 0.29) is 5.82 Å². The van der Waals surface area contributed by atoms with Crippen LogP contribution in [0.4, 0.5) is 10.2 Å². The molecule has 0 spiro atoms. The zero-order valence-corrected chi connectivity index (χ0v) is 12.0. The number of aromatic nitrogens is 3. The van der Waals surface area contributed by atoms with Gasteiger partial charge in [-0.05, 0) is 48.7 Å². The Kier molecular flexibility index (Phi) is 2.51. The third-order valence-electron chi connectivity index (χ3n) is 3.93. The van der Waals surface area contributed by atoms with E-state index in [9.17, 15) is 4.39 Å². The molecule has 0 bridgehead atoms. The van der Waals surface area contributed by atoms with Crippen LogP contribution in [0.3, 0.4) is 0 Å². The van der Waals surface area contributed by atoms with Gasteiger partial charge < -0.3 is 4.90 Å². The van der Waals surface area contributed by atoms with Crippen molar-refractivity contribution >= 4 is 11.5 Å². The van der Waals surface area contributed by atoms with Crippen molar-refractivity contribution in [3.05, 3.63) is 58.7 Å². The van der Waals surface area contributed by atoms with Gasteiger partial charge in [-0.3, -0.25) is 0 Å². The first-order valence-electron chi connectivity index (χ1n) is 6.96. The van der Waals surface area contributed by atoms with E-state index < -0.39 is 0 Å². The molecule has 4 nitrogen and oxygen atoms in total. The maximum Gasteiger partial charge on any atom is 0.156 e. The SMILES string of the molecule is Cc1cn2nc(N3Cc4ccc(F)cc4C3)cc(C)c2n1. The Morgan fingerprint density at radius 1 is 1.10 bits per heavy atom. The molecule has 0 unspecified atom stereocenters. The van der Waals surface area contributed by atoms with Crippen LogP contribution in [-0.2, 0) is 13.1 Å². The highest BCUT2D eigenvalue weighted by Crippen LogP contribution is 2.28. The van der Waals surface area contributed by atoms with Gasteiger partial charge in [-0.25, -0.2) is 13.9 Å². The summed E-state index contributed by atoms with van der Waals surface area (Å²) in [5, 5.41) is 4.63. The number of nitrogens with zero attached hydrogens (tertiary/aromatic N) is 4. The lowest BCUT2D eigenvalue weighted by molar-refractivity contribution is 0.626. The first kappa shape index (κ1) is 12.3. The molecule has 4 rings (SSSR count). The Hall–Kier alpha value is -2.43. The van der Waals surface area contributed by atoms with Crippen molar-refractivity contribution in [3.63, 3.8) is 0 Å². The summed E-state index contributed by atoms with van der Waals surface area (Å²) in [6.45, 7) is 5.46. The van der Waals surface area contributed by atoms with E-state index >= 15 is 0 Å². The molecule has 0 radical (unpaired) electrons. The smallest absolute Gasteiger partial charge is 0.156 e. The average molecular weight is 282 g/mol. The van der Waals surface area contributed by atoms with Crippen LogP contribution in [0.25, 0.3) is 5.65 Å². The number of aryl methyl sites for hydroxylation is 2. The van der Waals surface area contributed by atoms with Crippen LogP contribution >= 0.6 is 0 Å². The van der Waals surface area contributed by atoms with Gasteiger partial charge in [-0.1, -0.05) is 6.07 Å². The second-order valence-electron chi connectivity index (χ2n) is 5.61. The van der Waals surface area contributed by atoms with Crippen molar-refractivity contribution in [1.82, 2.24) is 14.6 Å². The van der Waals surface area contributed by atoms with E-state index in [1.807, 2.05) is 36.7 Å². The normalized spacial score (nSPS) is 14.0. The van der Waals surface area contributed by atoms with E-state index in [0.717, 1.165) is 40.4 Å². The van der Waals surface area contributed by atoms with Crippen LogP contribution in [0.5, 0.6) is 0 Å². The molecule has 106 valence electrons. The summed E-state index contributed by atoms with van der Waals surface area (Å²) in [5.74, 6) is 0.717. The average Bonchev–Trinajstić information content (AvgIpc) is 3.00. The molecule has 0 saturated carbocycles. The fourth-order valence-corrected chi connectivity index (χ4v) is 2.91. The molecule has 3 aromatic rings. The standard InChI is InChI=1S/C16H15FN4/c1-10-5-15(19-21-7-11(2)18-16(10)21)20-8-12-3-4-14(17)6-13(12)9-20/h3-7H,8-9H2,1-2H3. The van der Waals surface area contributed by atoms with E-state index in [1.165, 1.54) is 6.07 Å². The minimum Gasteiger partial charge on any atom is -0.346 e. The maximum atomic E-state index is 13.3. The molecule has 1 aliphatic rings. The molecule has 1 aliphatic heterocycles. The topological polar surface area (TPSA) is 33.4 Å². The third-order valence-corrected chi connectivity index (χ3v) is 3.93. The lowest BCUT2D eigenvalue weighted by Gasteiger charge is -2.17. The van der Waals surface area contributed by atoms with Gasteiger partial charge in [-0.15, -0.1) is 5.10 Å². The molecule has 0 aliphatic carbocycles. The number of hydrogen-bond donors (Lipinski definition) is 0. The summed E-state index contributed by atoms with van der Waals surface area (Å²) >= 11 is 0. The number of hydrogen-bond acceptors (Lipinski definition) is 3. The fourth-order valence-electron chi connectivity index (χ4n) is 2.91. The lowest BCUT2D eigenvalue weighted by Crippen LogP contribution is -2.17. The van der Waals surface area contributed by atoms with Crippen molar-refractivity contribution < 1.29 is 4.39 Å². The largest absolute Gasteiger partial charge is 0.346 e. The third kappa shape index (κ3) is 1.96. The minimum absolute atomic E-state index is 0.180. The van der Waals surface area contributed by atoms with Crippen molar-refractivity contribution in [1.29, 1.82) is 0 Å². The Labute approximate surface area is 121 Å². The van der Waals surface area contributed by atoms with Gasteiger partial charge in [0, 0.05) is 13.1 Å². The monoisotopic (exact) mass is 282 g/mol. The van der Waals surface area contributed by atoms with Gasteiger partial charge in [0.1, 0.15) is 5.82 Å². The van der Waals surface area contributed by atoms with Crippen LogP contribution in [0.15, 0.2) is 30.5 Å². The number of rotatable bonds is 1. The summed E-state index contributed by atoms with van der Waals surface area (Å²) in [6.07, 6.45) is 1.93. The number of anilines is 1. The van der Waals surface area contributed by atoms with E-state index in [1.54, 1.807) is 6.07 Å². The second-order valence-corrected chi connectivity index (χ2v) is 5.61. The predicted molar refractivity (Wildman–Crippen MR) is 78.7 cm³/mol. The first-order chi connectivity index (χ1) is 10.1. The Bertz CT molecular complexity index is 853. The number of fused-ring (bicyclic) bond motifs is 2. The fraction of sp³-hybridized carbons (Fsp3) is 0.250. The summed E-state index contributed by atoms with van der Waals surface area (Å²) in [5.41, 5.74) is 5.14. The maximum absolute atomic E-state index is 13.3. The second kappa shape index (κ2) is 4.28. The molecule has 2 aromatic heterocycles. The summed E-state index contributed by atoms with van der Waals surface area (Å²) in [4.78, 5) is 6.62. The summed E-state index contributed by atoms with van der Waals surface area (Å²) < 4.78 is 15.1. The van der Waals surface area contributed by atoms with Crippen LogP contribution in [0, 0.1) is 19.7 Å². The van der Waals surface area contributed by atoms with Crippen LogP contribution in [-0.4, -0.2) is 14.6 Å². The highest BCUT2D eigenvalue weighted by Gasteiger charge is 2.21. The first-order valence-corrected chi connectivity index (χ1v) is 6.96.